The zero-order valence-electron chi connectivity index (χ0n) is 22.4. The molecule has 3 amide bonds. The van der Waals surface area contributed by atoms with E-state index >= 15 is 0 Å². The van der Waals surface area contributed by atoms with Crippen molar-refractivity contribution in [3.8, 4) is 5.75 Å². The Morgan fingerprint density at radius 2 is 1.49 bits per heavy atom. The lowest BCUT2D eigenvalue weighted by atomic mass is 9.96. The van der Waals surface area contributed by atoms with Crippen LogP contribution in [0.15, 0.2) is 24.3 Å². The normalized spacial score (nSPS) is 14.8. The van der Waals surface area contributed by atoms with Gasteiger partial charge in [0.2, 0.25) is 17.7 Å². The Hall–Kier alpha value is -3.71. The first-order valence-electron chi connectivity index (χ1n) is 13.0. The maximum absolute atomic E-state index is 13.2. The minimum absolute atomic E-state index is 0.00873. The molecule has 0 spiro atoms. The van der Waals surface area contributed by atoms with Gasteiger partial charge >= 0.3 is 11.9 Å². The van der Waals surface area contributed by atoms with Gasteiger partial charge in [-0.15, -0.1) is 0 Å². The maximum Gasteiger partial charge on any atom is 0.326 e. The molecule has 0 radical (unpaired) electrons. The van der Waals surface area contributed by atoms with Crippen LogP contribution in [0.25, 0.3) is 0 Å². The summed E-state index contributed by atoms with van der Waals surface area (Å²) in [5, 5.41) is 35.7. The number of carboxylic acid groups (broad SMARTS) is 2. The van der Waals surface area contributed by atoms with E-state index in [1.165, 1.54) is 24.3 Å². The van der Waals surface area contributed by atoms with Crippen molar-refractivity contribution in [1.29, 1.82) is 0 Å². The fraction of sp³-hybridized carbons (Fsp3) is 0.577. The van der Waals surface area contributed by atoms with Crippen molar-refractivity contribution in [1.82, 2.24) is 16.0 Å². The summed E-state index contributed by atoms with van der Waals surface area (Å²) >= 11 is 0. The van der Waals surface area contributed by atoms with E-state index < -0.39 is 60.2 Å². The molecule has 0 fully saturated rings. The second-order valence-corrected chi connectivity index (χ2v) is 9.53. The third-order valence-corrected chi connectivity index (χ3v) is 6.37. The van der Waals surface area contributed by atoms with Gasteiger partial charge < -0.3 is 42.7 Å². The molecule has 1 aromatic carbocycles. The Morgan fingerprint density at radius 3 is 2.03 bits per heavy atom. The molecule has 39 heavy (non-hydrogen) atoms. The second-order valence-electron chi connectivity index (χ2n) is 9.53. The van der Waals surface area contributed by atoms with E-state index in [2.05, 4.69) is 16.0 Å². The van der Waals surface area contributed by atoms with Crippen LogP contribution < -0.4 is 27.4 Å². The van der Waals surface area contributed by atoms with Gasteiger partial charge in [-0.2, -0.15) is 0 Å². The number of phenolic OH excluding ortho intramolecular Hbond substituents is 1. The topological polar surface area (TPSA) is 234 Å². The predicted octanol–water partition coefficient (Wildman–Crippen LogP) is -0.159. The number of benzene rings is 1. The van der Waals surface area contributed by atoms with E-state index in [1.54, 1.807) is 6.92 Å². The van der Waals surface area contributed by atoms with Crippen molar-refractivity contribution >= 4 is 29.7 Å². The largest absolute Gasteiger partial charge is 0.508 e. The number of aromatic hydroxyl groups is 1. The minimum Gasteiger partial charge on any atom is -0.508 e. The molecule has 218 valence electrons. The summed E-state index contributed by atoms with van der Waals surface area (Å²) in [4.78, 5) is 61.9. The number of aliphatic carboxylic acids is 2. The van der Waals surface area contributed by atoms with Crippen molar-refractivity contribution < 1.29 is 39.3 Å². The summed E-state index contributed by atoms with van der Waals surface area (Å²) in [6.45, 7) is 4.01. The summed E-state index contributed by atoms with van der Waals surface area (Å²) < 4.78 is 0. The molecule has 10 N–H and O–H groups in total. The van der Waals surface area contributed by atoms with Gasteiger partial charge in [0.05, 0.1) is 6.04 Å². The van der Waals surface area contributed by atoms with Crippen LogP contribution in [0.4, 0.5) is 0 Å². The summed E-state index contributed by atoms with van der Waals surface area (Å²) in [5.41, 5.74) is 11.9. The maximum atomic E-state index is 13.2. The number of amides is 3. The van der Waals surface area contributed by atoms with Gasteiger partial charge in [0.15, 0.2) is 0 Å². The summed E-state index contributed by atoms with van der Waals surface area (Å²) in [6, 6.07) is 1.06. The quantitative estimate of drug-likeness (QED) is 0.112. The van der Waals surface area contributed by atoms with Crippen molar-refractivity contribution in [3.63, 3.8) is 0 Å². The number of carbonyl (C=O) groups is 5. The van der Waals surface area contributed by atoms with Crippen molar-refractivity contribution in [2.45, 2.75) is 83.0 Å². The third-order valence-electron chi connectivity index (χ3n) is 6.37. The first kappa shape index (κ1) is 33.3. The lowest BCUT2D eigenvalue weighted by Gasteiger charge is -2.28. The molecule has 0 aliphatic rings. The summed E-state index contributed by atoms with van der Waals surface area (Å²) in [6.07, 6.45) is 1.31. The van der Waals surface area contributed by atoms with E-state index in [0.29, 0.717) is 37.8 Å². The van der Waals surface area contributed by atoms with E-state index in [-0.39, 0.29) is 24.5 Å². The number of carboxylic acids is 2. The Morgan fingerprint density at radius 1 is 0.872 bits per heavy atom. The smallest absolute Gasteiger partial charge is 0.326 e. The van der Waals surface area contributed by atoms with Crippen LogP contribution >= 0.6 is 0 Å². The Kier molecular flexibility index (Phi) is 14.5. The molecule has 1 rings (SSSR count). The lowest BCUT2D eigenvalue weighted by Crippen LogP contribution is -2.58. The van der Waals surface area contributed by atoms with Crippen molar-refractivity contribution in [3.05, 3.63) is 29.8 Å². The van der Waals surface area contributed by atoms with Gasteiger partial charge in [-0.3, -0.25) is 19.2 Å². The molecule has 0 aromatic heterocycles. The van der Waals surface area contributed by atoms with E-state index in [1.807, 2.05) is 6.92 Å². The van der Waals surface area contributed by atoms with Gasteiger partial charge in [0, 0.05) is 12.8 Å². The fourth-order valence-corrected chi connectivity index (χ4v) is 3.74. The number of hydrogen-bond donors (Lipinski definition) is 8. The molecule has 5 atom stereocenters. The van der Waals surface area contributed by atoms with Crippen LogP contribution in [-0.2, 0) is 30.4 Å². The van der Waals surface area contributed by atoms with Crippen LogP contribution in [0.1, 0.15) is 57.9 Å². The zero-order chi connectivity index (χ0) is 29.5. The van der Waals surface area contributed by atoms with E-state index in [4.69, 9.17) is 16.6 Å². The van der Waals surface area contributed by atoms with Crippen molar-refractivity contribution in [2.75, 3.05) is 6.54 Å². The molecule has 0 heterocycles. The molecule has 0 saturated carbocycles. The molecule has 13 heteroatoms. The van der Waals surface area contributed by atoms with E-state index in [9.17, 15) is 34.2 Å². The van der Waals surface area contributed by atoms with Gasteiger partial charge in [-0.05, 0) is 49.4 Å². The highest BCUT2D eigenvalue weighted by Gasteiger charge is 2.32. The third kappa shape index (κ3) is 12.1. The van der Waals surface area contributed by atoms with Gasteiger partial charge in [0.1, 0.15) is 23.9 Å². The number of carbonyl (C=O) groups excluding carboxylic acids is 3. The zero-order valence-corrected chi connectivity index (χ0v) is 22.4. The molecule has 0 bridgehead atoms. The molecule has 1 aromatic rings. The highest BCUT2D eigenvalue weighted by atomic mass is 16.4. The molecule has 0 aliphatic heterocycles. The SMILES string of the molecule is CCC(C)C(NC(=O)C(N)CCCCN)C(=O)NC(CCC(=O)O)C(=O)NC(Cc1ccc(O)cc1)C(=O)O. The van der Waals surface area contributed by atoms with Gasteiger partial charge in [-0.1, -0.05) is 38.8 Å². The Labute approximate surface area is 227 Å². The molecular formula is C26H41N5O8. The molecule has 13 nitrogen and oxygen atoms in total. The highest BCUT2D eigenvalue weighted by Crippen LogP contribution is 2.13. The number of nitrogens with one attached hydrogen (secondary N) is 3. The molecule has 0 saturated heterocycles. The number of unbranched alkanes of at least 4 members (excludes halogenated alkanes) is 1. The second kappa shape index (κ2) is 17.0. The Bertz CT molecular complexity index is 972. The van der Waals surface area contributed by atoms with Crippen molar-refractivity contribution in [2.24, 2.45) is 17.4 Å². The predicted molar refractivity (Wildman–Crippen MR) is 142 cm³/mol. The fourth-order valence-electron chi connectivity index (χ4n) is 3.74. The monoisotopic (exact) mass is 551 g/mol. The van der Waals surface area contributed by atoms with Crippen LogP contribution in [0.2, 0.25) is 0 Å². The number of rotatable bonds is 18. The standard InChI is InChI=1S/C26H41N5O8/c1-3-15(2)22(31-23(35)18(28)6-4-5-13-27)25(37)29-19(11-12-21(33)34)24(36)30-20(26(38)39)14-16-7-9-17(32)10-8-16/h7-10,15,18-20,22,32H,3-6,11-14,27-28H2,1-2H3,(H,29,37)(H,30,36)(H,31,35)(H,33,34)(H,38,39). The average Bonchev–Trinajstić information content (AvgIpc) is 2.89. The minimum atomic E-state index is -1.39. The number of phenols is 1. The molecule has 5 unspecified atom stereocenters. The first-order valence-corrected chi connectivity index (χ1v) is 13.0. The van der Waals surface area contributed by atoms with Gasteiger partial charge in [-0.25, -0.2) is 4.79 Å². The lowest BCUT2D eigenvalue weighted by molar-refractivity contribution is -0.143. The van der Waals surface area contributed by atoms with Crippen LogP contribution in [0.5, 0.6) is 5.75 Å². The van der Waals surface area contributed by atoms with Gasteiger partial charge in [0.25, 0.3) is 0 Å². The van der Waals surface area contributed by atoms with E-state index in [0.717, 1.165) is 0 Å². The Balaban J connectivity index is 3.03. The van der Waals surface area contributed by atoms with Crippen LogP contribution in [0.3, 0.4) is 0 Å². The average molecular weight is 552 g/mol. The number of nitrogens with two attached hydrogens (primary N) is 2. The summed E-state index contributed by atoms with van der Waals surface area (Å²) in [5.74, 6) is -5.06. The number of hydrogen-bond acceptors (Lipinski definition) is 8. The summed E-state index contributed by atoms with van der Waals surface area (Å²) in [7, 11) is 0. The highest BCUT2D eigenvalue weighted by molar-refractivity contribution is 5.94. The molecule has 0 aliphatic carbocycles. The van der Waals surface area contributed by atoms with Crippen LogP contribution in [-0.4, -0.2) is 75.7 Å². The first-order chi connectivity index (χ1) is 18.4. The molecular weight excluding hydrogens is 510 g/mol. The van der Waals surface area contributed by atoms with Crippen LogP contribution in [0, 0.1) is 5.92 Å².